The van der Waals surface area contributed by atoms with Crippen LogP contribution in [-0.4, -0.2) is 26.8 Å². The standard InChI is InChI=1S/C15H13Cl2F4N5O/c16-12-9(4-7(22)5-15(19,20)21)10(18)11-13(24-14(17)25-26(11)12)23-6-8-2-1-3-27-8/h1-3,7H,4-6,22H2,(H,23,24,25)/t7-/m1/s1. The number of rotatable bonds is 6. The summed E-state index contributed by atoms with van der Waals surface area (Å²) in [5.41, 5.74) is 5.16. The summed E-state index contributed by atoms with van der Waals surface area (Å²) < 4.78 is 58.5. The molecule has 0 aliphatic rings. The van der Waals surface area contributed by atoms with Crippen LogP contribution < -0.4 is 11.1 Å². The fraction of sp³-hybridized carbons (Fsp3) is 0.333. The Balaban J connectivity index is 1.96. The summed E-state index contributed by atoms with van der Waals surface area (Å²) in [5.74, 6) is -0.300. The van der Waals surface area contributed by atoms with Gasteiger partial charge in [-0.3, -0.25) is 0 Å². The van der Waals surface area contributed by atoms with Crippen molar-refractivity contribution in [2.75, 3.05) is 5.32 Å². The third kappa shape index (κ3) is 4.45. The van der Waals surface area contributed by atoms with Gasteiger partial charge in [-0.1, -0.05) is 11.6 Å². The lowest BCUT2D eigenvalue weighted by molar-refractivity contribution is -0.138. The number of fused-ring (bicyclic) bond motifs is 1. The second kappa shape index (κ2) is 7.53. The number of alkyl halides is 3. The number of aromatic nitrogens is 3. The van der Waals surface area contributed by atoms with Crippen molar-refractivity contribution in [2.45, 2.75) is 31.6 Å². The van der Waals surface area contributed by atoms with Gasteiger partial charge in [-0.05, 0) is 30.2 Å². The summed E-state index contributed by atoms with van der Waals surface area (Å²) in [6, 6.07) is 2.00. The van der Waals surface area contributed by atoms with Crippen LogP contribution in [0.2, 0.25) is 10.4 Å². The normalized spacial score (nSPS) is 13.3. The van der Waals surface area contributed by atoms with E-state index in [4.69, 9.17) is 33.4 Å². The molecule has 0 fully saturated rings. The fourth-order valence-electron chi connectivity index (χ4n) is 2.61. The molecule has 1 atom stereocenters. The van der Waals surface area contributed by atoms with E-state index in [-0.39, 0.29) is 33.9 Å². The second-order valence-electron chi connectivity index (χ2n) is 5.79. The molecular formula is C15H13Cl2F4N5O. The van der Waals surface area contributed by atoms with Crippen molar-refractivity contribution in [2.24, 2.45) is 5.73 Å². The van der Waals surface area contributed by atoms with Crippen LogP contribution in [0.3, 0.4) is 0 Å². The van der Waals surface area contributed by atoms with Crippen molar-refractivity contribution < 1.29 is 22.0 Å². The lowest BCUT2D eigenvalue weighted by atomic mass is 10.1. The van der Waals surface area contributed by atoms with Gasteiger partial charge in [0, 0.05) is 11.6 Å². The fourth-order valence-corrected chi connectivity index (χ4v) is 3.06. The second-order valence-corrected chi connectivity index (χ2v) is 6.49. The van der Waals surface area contributed by atoms with Gasteiger partial charge in [-0.2, -0.15) is 18.2 Å². The molecule has 0 spiro atoms. The van der Waals surface area contributed by atoms with E-state index in [1.807, 2.05) is 0 Å². The number of furan rings is 1. The Morgan fingerprint density at radius 2 is 2.07 bits per heavy atom. The summed E-state index contributed by atoms with van der Waals surface area (Å²) in [5, 5.41) is 6.21. The molecule has 0 saturated carbocycles. The van der Waals surface area contributed by atoms with Crippen molar-refractivity contribution in [3.63, 3.8) is 0 Å². The molecule has 0 saturated heterocycles. The van der Waals surface area contributed by atoms with Crippen molar-refractivity contribution in [3.05, 3.63) is 46.0 Å². The summed E-state index contributed by atoms with van der Waals surface area (Å²) in [6.07, 6.45) is -4.71. The van der Waals surface area contributed by atoms with Crippen LogP contribution in [0, 0.1) is 5.82 Å². The highest BCUT2D eigenvalue weighted by Gasteiger charge is 2.32. The van der Waals surface area contributed by atoms with Gasteiger partial charge in [0.25, 0.3) is 0 Å². The van der Waals surface area contributed by atoms with E-state index in [2.05, 4.69) is 15.4 Å². The molecule has 0 radical (unpaired) electrons. The Labute approximate surface area is 160 Å². The Morgan fingerprint density at radius 3 is 2.70 bits per heavy atom. The maximum Gasteiger partial charge on any atom is 0.390 e. The SMILES string of the molecule is N[C@H](Cc1c(F)c2c(NCc3ccco3)nc(Cl)nn2c1Cl)CC(F)(F)F. The van der Waals surface area contributed by atoms with E-state index in [1.165, 1.54) is 6.26 Å². The molecule has 3 aromatic heterocycles. The highest BCUT2D eigenvalue weighted by Crippen LogP contribution is 2.32. The van der Waals surface area contributed by atoms with Crippen LogP contribution >= 0.6 is 23.2 Å². The smallest absolute Gasteiger partial charge is 0.390 e. The van der Waals surface area contributed by atoms with Gasteiger partial charge in [-0.25, -0.2) is 8.91 Å². The average Bonchev–Trinajstić information content (AvgIpc) is 3.14. The minimum Gasteiger partial charge on any atom is -0.467 e. The van der Waals surface area contributed by atoms with E-state index in [0.29, 0.717) is 5.76 Å². The number of anilines is 1. The van der Waals surface area contributed by atoms with Gasteiger partial charge in [0.2, 0.25) is 5.28 Å². The molecule has 0 bridgehead atoms. The first-order valence-corrected chi connectivity index (χ1v) is 8.42. The first kappa shape index (κ1) is 19.7. The molecule has 0 aromatic carbocycles. The topological polar surface area (TPSA) is 81.4 Å². The van der Waals surface area contributed by atoms with Gasteiger partial charge < -0.3 is 15.5 Å². The van der Waals surface area contributed by atoms with Crippen LogP contribution in [0.25, 0.3) is 5.52 Å². The van der Waals surface area contributed by atoms with E-state index >= 15 is 0 Å². The summed E-state index contributed by atoms with van der Waals surface area (Å²) in [7, 11) is 0. The first-order valence-electron chi connectivity index (χ1n) is 7.66. The lowest BCUT2D eigenvalue weighted by Crippen LogP contribution is -2.29. The van der Waals surface area contributed by atoms with Gasteiger partial charge in [-0.15, -0.1) is 5.10 Å². The van der Waals surface area contributed by atoms with Crippen molar-refractivity contribution in [1.29, 1.82) is 0 Å². The minimum absolute atomic E-state index is 0.0152. The van der Waals surface area contributed by atoms with E-state index < -0.39 is 30.9 Å². The monoisotopic (exact) mass is 425 g/mol. The zero-order valence-electron chi connectivity index (χ0n) is 13.5. The molecule has 3 aromatic rings. The van der Waals surface area contributed by atoms with Gasteiger partial charge in [0.1, 0.15) is 16.4 Å². The molecule has 6 nitrogen and oxygen atoms in total. The summed E-state index contributed by atoms with van der Waals surface area (Å²) >= 11 is 12.0. The first-order chi connectivity index (χ1) is 12.7. The predicted octanol–water partition coefficient (Wildman–Crippen LogP) is 4.20. The number of nitrogens with two attached hydrogens (primary N) is 1. The van der Waals surface area contributed by atoms with E-state index in [9.17, 15) is 17.6 Å². The van der Waals surface area contributed by atoms with Crippen LogP contribution in [0.15, 0.2) is 22.8 Å². The van der Waals surface area contributed by atoms with Crippen molar-refractivity contribution in [1.82, 2.24) is 14.6 Å². The number of halogens is 6. The minimum atomic E-state index is -4.47. The Morgan fingerprint density at radius 1 is 1.33 bits per heavy atom. The van der Waals surface area contributed by atoms with Crippen LogP contribution in [0.5, 0.6) is 0 Å². The molecule has 0 aliphatic carbocycles. The van der Waals surface area contributed by atoms with E-state index in [1.54, 1.807) is 12.1 Å². The van der Waals surface area contributed by atoms with Crippen LogP contribution in [0.1, 0.15) is 17.7 Å². The molecular weight excluding hydrogens is 413 g/mol. The molecule has 3 heterocycles. The largest absolute Gasteiger partial charge is 0.467 e. The summed E-state index contributed by atoms with van der Waals surface area (Å²) in [4.78, 5) is 3.93. The number of nitrogens with one attached hydrogen (secondary N) is 1. The molecule has 0 unspecified atom stereocenters. The Bertz CT molecular complexity index is 942. The zero-order valence-corrected chi connectivity index (χ0v) is 15.0. The third-order valence-electron chi connectivity index (χ3n) is 3.70. The zero-order chi connectivity index (χ0) is 19.8. The maximum absolute atomic E-state index is 14.9. The quantitative estimate of drug-likeness (QED) is 0.578. The molecule has 3 rings (SSSR count). The van der Waals surface area contributed by atoms with Gasteiger partial charge in [0.05, 0.1) is 19.2 Å². The molecule has 146 valence electrons. The van der Waals surface area contributed by atoms with Crippen molar-refractivity contribution in [3.8, 4) is 0 Å². The predicted molar refractivity (Wildman–Crippen MR) is 91.4 cm³/mol. The molecule has 12 heteroatoms. The Hall–Kier alpha value is -2.04. The van der Waals surface area contributed by atoms with Crippen LogP contribution in [-0.2, 0) is 13.0 Å². The highest BCUT2D eigenvalue weighted by atomic mass is 35.5. The number of nitrogens with zero attached hydrogens (tertiary/aromatic N) is 3. The summed E-state index contributed by atoms with van der Waals surface area (Å²) in [6.45, 7) is 0.168. The number of hydrogen-bond donors (Lipinski definition) is 2. The average molecular weight is 426 g/mol. The lowest BCUT2D eigenvalue weighted by Gasteiger charge is -2.13. The number of hydrogen-bond acceptors (Lipinski definition) is 5. The Kier molecular flexibility index (Phi) is 5.50. The van der Waals surface area contributed by atoms with E-state index in [0.717, 1.165) is 4.52 Å². The van der Waals surface area contributed by atoms with Gasteiger partial charge >= 0.3 is 6.18 Å². The third-order valence-corrected chi connectivity index (χ3v) is 4.25. The van der Waals surface area contributed by atoms with Gasteiger partial charge in [0.15, 0.2) is 11.6 Å². The molecule has 27 heavy (non-hydrogen) atoms. The highest BCUT2D eigenvalue weighted by molar-refractivity contribution is 6.31. The molecule has 0 aliphatic heterocycles. The molecule has 0 amide bonds. The van der Waals surface area contributed by atoms with Crippen molar-refractivity contribution >= 4 is 34.5 Å². The molecule has 3 N–H and O–H groups in total. The van der Waals surface area contributed by atoms with Crippen LogP contribution in [0.4, 0.5) is 23.4 Å². The maximum atomic E-state index is 14.9.